The Hall–Kier alpha value is -3.03. The number of aliphatic carboxylic acids is 1. The summed E-state index contributed by atoms with van der Waals surface area (Å²) >= 11 is 0. The van der Waals surface area contributed by atoms with Crippen LogP contribution in [0.5, 0.6) is 11.5 Å². The summed E-state index contributed by atoms with van der Waals surface area (Å²) in [6.07, 6.45) is 2.07. The highest BCUT2D eigenvalue weighted by Gasteiger charge is 2.33. The molecule has 1 aromatic carbocycles. The minimum atomic E-state index is -0.974. The average molecular weight is 359 g/mol. The van der Waals surface area contributed by atoms with E-state index in [1.54, 1.807) is 32.4 Å². The van der Waals surface area contributed by atoms with Crippen LogP contribution in [0.4, 0.5) is 0 Å². The van der Waals surface area contributed by atoms with E-state index in [0.29, 0.717) is 30.2 Å². The number of methoxy groups -OCH3 is 2. The predicted molar refractivity (Wildman–Crippen MR) is 93.4 cm³/mol. The highest BCUT2D eigenvalue weighted by molar-refractivity contribution is 5.96. The fourth-order valence-electron chi connectivity index (χ4n) is 3.16. The molecule has 0 spiro atoms. The maximum atomic E-state index is 12.7. The number of piperidine rings is 1. The molecule has 1 aliphatic rings. The van der Waals surface area contributed by atoms with Gasteiger partial charge in [0.2, 0.25) is 0 Å². The SMILES string of the molecule is COc1ccc(-c2cc(C(=O)N3CCCCC3C(=O)O)[nH]n2)cc1OC. The van der Waals surface area contributed by atoms with Crippen molar-refractivity contribution in [3.8, 4) is 22.8 Å². The van der Waals surface area contributed by atoms with Crippen LogP contribution in [0.25, 0.3) is 11.3 Å². The number of benzene rings is 1. The minimum Gasteiger partial charge on any atom is -0.493 e. The number of carbonyl (C=O) groups is 2. The number of hydrogen-bond acceptors (Lipinski definition) is 5. The molecule has 1 fully saturated rings. The lowest BCUT2D eigenvalue weighted by atomic mass is 10.0. The van der Waals surface area contributed by atoms with Crippen molar-refractivity contribution in [3.63, 3.8) is 0 Å². The van der Waals surface area contributed by atoms with Gasteiger partial charge in [-0.1, -0.05) is 0 Å². The molecule has 0 saturated carbocycles. The molecule has 2 N–H and O–H groups in total. The maximum absolute atomic E-state index is 12.7. The third kappa shape index (κ3) is 3.35. The van der Waals surface area contributed by atoms with Crippen molar-refractivity contribution >= 4 is 11.9 Å². The minimum absolute atomic E-state index is 0.267. The highest BCUT2D eigenvalue weighted by atomic mass is 16.5. The van der Waals surface area contributed by atoms with Gasteiger partial charge in [-0.05, 0) is 43.5 Å². The second-order valence-electron chi connectivity index (χ2n) is 6.08. The summed E-state index contributed by atoms with van der Waals surface area (Å²) in [4.78, 5) is 25.5. The molecular weight excluding hydrogens is 338 g/mol. The van der Waals surface area contributed by atoms with E-state index in [9.17, 15) is 14.7 Å². The largest absolute Gasteiger partial charge is 0.493 e. The van der Waals surface area contributed by atoms with E-state index >= 15 is 0 Å². The molecule has 1 unspecified atom stereocenters. The van der Waals surface area contributed by atoms with Crippen LogP contribution in [0.15, 0.2) is 24.3 Å². The summed E-state index contributed by atoms with van der Waals surface area (Å²) in [5.41, 5.74) is 1.59. The lowest BCUT2D eigenvalue weighted by molar-refractivity contribution is -0.143. The molecule has 3 rings (SSSR count). The van der Waals surface area contributed by atoms with Gasteiger partial charge in [-0.2, -0.15) is 5.10 Å². The number of nitrogens with one attached hydrogen (secondary N) is 1. The zero-order valence-electron chi connectivity index (χ0n) is 14.7. The van der Waals surface area contributed by atoms with Crippen LogP contribution in [-0.4, -0.2) is 58.9 Å². The molecule has 1 aliphatic heterocycles. The first-order chi connectivity index (χ1) is 12.5. The van der Waals surface area contributed by atoms with Crippen molar-refractivity contribution in [2.24, 2.45) is 0 Å². The summed E-state index contributed by atoms with van der Waals surface area (Å²) in [7, 11) is 3.10. The monoisotopic (exact) mass is 359 g/mol. The van der Waals surface area contributed by atoms with E-state index in [1.807, 2.05) is 6.07 Å². The van der Waals surface area contributed by atoms with Crippen molar-refractivity contribution in [2.75, 3.05) is 20.8 Å². The number of aromatic nitrogens is 2. The number of ether oxygens (including phenoxy) is 2. The number of amides is 1. The first-order valence-corrected chi connectivity index (χ1v) is 8.36. The number of H-pyrrole nitrogens is 1. The van der Waals surface area contributed by atoms with Gasteiger partial charge in [0.1, 0.15) is 11.7 Å². The molecule has 1 aromatic heterocycles. The lowest BCUT2D eigenvalue weighted by Crippen LogP contribution is -2.48. The summed E-state index contributed by atoms with van der Waals surface area (Å²) in [6.45, 7) is 0.431. The standard InChI is InChI=1S/C18H21N3O5/c1-25-15-7-6-11(9-16(15)26-2)12-10-13(20-19-12)17(22)21-8-4-3-5-14(21)18(23)24/h6-7,9-10,14H,3-5,8H2,1-2H3,(H,19,20)(H,23,24). The number of carbonyl (C=O) groups excluding carboxylic acids is 1. The van der Waals surface area contributed by atoms with Crippen LogP contribution in [-0.2, 0) is 4.79 Å². The van der Waals surface area contributed by atoms with E-state index in [-0.39, 0.29) is 11.6 Å². The Morgan fingerprint density at radius 1 is 1.19 bits per heavy atom. The van der Waals surface area contributed by atoms with Crippen molar-refractivity contribution < 1.29 is 24.2 Å². The number of rotatable bonds is 5. The molecule has 0 radical (unpaired) electrons. The maximum Gasteiger partial charge on any atom is 0.326 e. The van der Waals surface area contributed by atoms with Crippen molar-refractivity contribution in [3.05, 3.63) is 30.0 Å². The topological polar surface area (TPSA) is 105 Å². The molecule has 1 saturated heterocycles. The van der Waals surface area contributed by atoms with Crippen molar-refractivity contribution in [2.45, 2.75) is 25.3 Å². The zero-order valence-corrected chi connectivity index (χ0v) is 14.7. The molecule has 8 nitrogen and oxygen atoms in total. The van der Waals surface area contributed by atoms with Crippen molar-refractivity contribution in [1.82, 2.24) is 15.1 Å². The Balaban J connectivity index is 1.85. The van der Waals surface area contributed by atoms with E-state index < -0.39 is 12.0 Å². The van der Waals surface area contributed by atoms with Crippen LogP contribution < -0.4 is 9.47 Å². The van der Waals surface area contributed by atoms with Gasteiger partial charge in [0.15, 0.2) is 11.5 Å². The Kier molecular flexibility index (Phi) is 5.11. The summed E-state index contributed by atoms with van der Waals surface area (Å²) in [5, 5.41) is 16.3. The Morgan fingerprint density at radius 2 is 1.96 bits per heavy atom. The number of hydrogen-bond donors (Lipinski definition) is 2. The second-order valence-corrected chi connectivity index (χ2v) is 6.08. The number of carboxylic acid groups (broad SMARTS) is 1. The van der Waals surface area contributed by atoms with Gasteiger partial charge in [0, 0.05) is 12.1 Å². The van der Waals surface area contributed by atoms with Gasteiger partial charge in [0.25, 0.3) is 5.91 Å². The molecule has 2 heterocycles. The molecular formula is C18H21N3O5. The summed E-state index contributed by atoms with van der Waals surface area (Å²) in [5.74, 6) is -0.169. The van der Waals surface area contributed by atoms with Gasteiger partial charge in [0.05, 0.1) is 19.9 Å². The highest BCUT2D eigenvalue weighted by Crippen LogP contribution is 2.32. The quantitative estimate of drug-likeness (QED) is 0.848. The van der Waals surface area contributed by atoms with E-state index in [4.69, 9.17) is 9.47 Å². The lowest BCUT2D eigenvalue weighted by Gasteiger charge is -2.32. The molecule has 1 atom stereocenters. The average Bonchev–Trinajstić information content (AvgIpc) is 3.17. The summed E-state index contributed by atoms with van der Waals surface area (Å²) < 4.78 is 10.5. The molecule has 0 aliphatic carbocycles. The summed E-state index contributed by atoms with van der Waals surface area (Å²) in [6, 6.07) is 6.17. The first kappa shape index (κ1) is 17.8. The van der Waals surface area contributed by atoms with E-state index in [1.165, 1.54) is 4.90 Å². The van der Waals surface area contributed by atoms with Crippen LogP contribution in [0.2, 0.25) is 0 Å². The third-order valence-corrected chi connectivity index (χ3v) is 4.54. The van der Waals surface area contributed by atoms with Crippen molar-refractivity contribution in [1.29, 1.82) is 0 Å². The van der Waals surface area contributed by atoms with Gasteiger partial charge in [-0.3, -0.25) is 9.89 Å². The molecule has 138 valence electrons. The molecule has 0 bridgehead atoms. The number of aromatic amines is 1. The molecule has 2 aromatic rings. The Morgan fingerprint density at radius 3 is 2.65 bits per heavy atom. The fraction of sp³-hybridized carbons (Fsp3) is 0.389. The normalized spacial score (nSPS) is 17.0. The first-order valence-electron chi connectivity index (χ1n) is 8.36. The number of carboxylic acids is 1. The predicted octanol–water partition coefficient (Wildman–Crippen LogP) is 2.17. The second kappa shape index (κ2) is 7.47. The molecule has 26 heavy (non-hydrogen) atoms. The van der Waals surface area contributed by atoms with Gasteiger partial charge >= 0.3 is 5.97 Å². The van der Waals surface area contributed by atoms with E-state index in [0.717, 1.165) is 18.4 Å². The number of nitrogens with zero attached hydrogens (tertiary/aromatic N) is 2. The zero-order chi connectivity index (χ0) is 18.7. The van der Waals surface area contributed by atoms with Gasteiger partial charge < -0.3 is 19.5 Å². The Bertz CT molecular complexity index is 817. The smallest absolute Gasteiger partial charge is 0.326 e. The fourth-order valence-corrected chi connectivity index (χ4v) is 3.16. The molecule has 1 amide bonds. The number of likely N-dealkylation sites (tertiary alicyclic amines) is 1. The van der Waals surface area contributed by atoms with Crippen LogP contribution in [0.3, 0.4) is 0 Å². The van der Waals surface area contributed by atoms with Crippen LogP contribution in [0, 0.1) is 0 Å². The van der Waals surface area contributed by atoms with E-state index in [2.05, 4.69) is 10.2 Å². The van der Waals surface area contributed by atoms with Gasteiger partial charge in [-0.15, -0.1) is 0 Å². The van der Waals surface area contributed by atoms with Crippen LogP contribution >= 0.6 is 0 Å². The Labute approximate surface area is 150 Å². The van der Waals surface area contributed by atoms with Gasteiger partial charge in [-0.25, -0.2) is 4.79 Å². The molecule has 8 heteroatoms. The third-order valence-electron chi connectivity index (χ3n) is 4.54. The van der Waals surface area contributed by atoms with Crippen LogP contribution in [0.1, 0.15) is 29.8 Å².